The smallest absolute Gasteiger partial charge is 0.224 e. The van der Waals surface area contributed by atoms with Gasteiger partial charge in [-0.2, -0.15) is 0 Å². The SMILES string of the molecule is CSc1nc(C)c(CCC(=O)Nc2ccc(Cc3nc4ccccc4s3)cc2)c(C)n1. The molecule has 0 aliphatic heterocycles. The largest absolute Gasteiger partial charge is 0.326 e. The van der Waals surface area contributed by atoms with E-state index in [-0.39, 0.29) is 5.91 Å². The molecule has 0 unspecified atom stereocenters. The Hall–Kier alpha value is -2.77. The van der Waals surface area contributed by atoms with Crippen LogP contribution in [-0.4, -0.2) is 27.1 Å². The van der Waals surface area contributed by atoms with Gasteiger partial charge in [0.15, 0.2) is 5.16 Å². The molecule has 4 rings (SSSR count). The minimum atomic E-state index is -0.00772. The van der Waals surface area contributed by atoms with Gasteiger partial charge in [-0.1, -0.05) is 36.0 Å². The number of nitrogens with one attached hydrogen (secondary N) is 1. The Morgan fingerprint density at radius 3 is 2.39 bits per heavy atom. The Balaban J connectivity index is 1.34. The Labute approximate surface area is 190 Å². The van der Waals surface area contributed by atoms with E-state index in [0.717, 1.165) is 44.7 Å². The molecule has 7 heteroatoms. The standard InChI is InChI=1S/C24H24N4OS2/c1-15-19(16(2)26-24(25-15)30-3)12-13-22(29)27-18-10-8-17(9-11-18)14-23-28-20-6-4-5-7-21(20)31-23/h4-11H,12-14H2,1-3H3,(H,27,29). The van der Waals surface area contributed by atoms with E-state index in [9.17, 15) is 4.79 Å². The van der Waals surface area contributed by atoms with Gasteiger partial charge in [-0.25, -0.2) is 15.0 Å². The average Bonchev–Trinajstić information content (AvgIpc) is 3.16. The molecule has 0 bridgehead atoms. The fraction of sp³-hybridized carbons (Fsp3) is 0.250. The van der Waals surface area contributed by atoms with Crippen molar-refractivity contribution >= 4 is 44.9 Å². The van der Waals surface area contributed by atoms with Crippen LogP contribution in [-0.2, 0) is 17.6 Å². The quantitative estimate of drug-likeness (QED) is 0.295. The number of carbonyl (C=O) groups is 1. The number of benzene rings is 2. The fourth-order valence-electron chi connectivity index (χ4n) is 3.50. The number of thioether (sulfide) groups is 1. The van der Waals surface area contributed by atoms with E-state index < -0.39 is 0 Å². The molecular formula is C24H24N4OS2. The van der Waals surface area contributed by atoms with Crippen LogP contribution in [0.3, 0.4) is 0 Å². The average molecular weight is 449 g/mol. The van der Waals surface area contributed by atoms with Crippen LogP contribution in [0.5, 0.6) is 0 Å². The number of thiazole rings is 1. The number of fused-ring (bicyclic) bond motifs is 1. The summed E-state index contributed by atoms with van der Waals surface area (Å²) in [5.41, 5.74) is 5.98. The first kappa shape index (κ1) is 21.5. The van der Waals surface area contributed by atoms with E-state index in [0.29, 0.717) is 12.8 Å². The van der Waals surface area contributed by atoms with Crippen molar-refractivity contribution in [1.82, 2.24) is 15.0 Å². The highest BCUT2D eigenvalue weighted by Crippen LogP contribution is 2.24. The van der Waals surface area contributed by atoms with Crippen LogP contribution >= 0.6 is 23.1 Å². The summed E-state index contributed by atoms with van der Waals surface area (Å²) in [6.07, 6.45) is 3.79. The van der Waals surface area contributed by atoms with Crippen molar-refractivity contribution in [2.75, 3.05) is 11.6 Å². The Bertz CT molecular complexity index is 1160. The van der Waals surface area contributed by atoms with Gasteiger partial charge in [0, 0.05) is 29.9 Å². The fourth-order valence-corrected chi connectivity index (χ4v) is 4.96. The number of anilines is 1. The number of rotatable bonds is 7. The van der Waals surface area contributed by atoms with Gasteiger partial charge in [-0.15, -0.1) is 11.3 Å². The maximum absolute atomic E-state index is 12.4. The van der Waals surface area contributed by atoms with Crippen LogP contribution in [0.25, 0.3) is 10.2 Å². The van der Waals surface area contributed by atoms with E-state index in [1.807, 2.05) is 62.6 Å². The number of aryl methyl sites for hydroxylation is 2. The number of para-hydroxylation sites is 1. The molecule has 0 spiro atoms. The Morgan fingerprint density at radius 2 is 1.71 bits per heavy atom. The van der Waals surface area contributed by atoms with Crippen molar-refractivity contribution in [3.8, 4) is 0 Å². The number of aromatic nitrogens is 3. The second kappa shape index (κ2) is 9.58. The number of hydrogen-bond acceptors (Lipinski definition) is 6. The van der Waals surface area contributed by atoms with Gasteiger partial charge >= 0.3 is 0 Å². The third-order valence-corrected chi connectivity index (χ3v) is 6.70. The summed E-state index contributed by atoms with van der Waals surface area (Å²) in [4.78, 5) is 26.1. The van der Waals surface area contributed by atoms with Gasteiger partial charge in [0.25, 0.3) is 0 Å². The number of carbonyl (C=O) groups excluding carboxylic acids is 1. The lowest BCUT2D eigenvalue weighted by molar-refractivity contribution is -0.116. The van der Waals surface area contributed by atoms with Crippen molar-refractivity contribution in [2.45, 2.75) is 38.3 Å². The van der Waals surface area contributed by atoms with Crippen molar-refractivity contribution in [2.24, 2.45) is 0 Å². The van der Waals surface area contributed by atoms with Crippen LogP contribution in [0.2, 0.25) is 0 Å². The summed E-state index contributed by atoms with van der Waals surface area (Å²) in [5.74, 6) is -0.00772. The predicted molar refractivity (Wildman–Crippen MR) is 129 cm³/mol. The first-order valence-corrected chi connectivity index (χ1v) is 12.2. The molecule has 2 aromatic carbocycles. The third kappa shape index (κ3) is 5.29. The molecule has 31 heavy (non-hydrogen) atoms. The topological polar surface area (TPSA) is 67.8 Å². The minimum absolute atomic E-state index is 0.00772. The predicted octanol–water partition coefficient (Wildman–Crippen LogP) is 5.59. The van der Waals surface area contributed by atoms with Gasteiger partial charge in [0.05, 0.1) is 15.2 Å². The molecule has 158 valence electrons. The lowest BCUT2D eigenvalue weighted by Gasteiger charge is -2.10. The number of hydrogen-bond donors (Lipinski definition) is 1. The molecule has 0 saturated heterocycles. The zero-order chi connectivity index (χ0) is 21.8. The number of nitrogens with zero attached hydrogens (tertiary/aromatic N) is 3. The van der Waals surface area contributed by atoms with Gasteiger partial charge in [-0.3, -0.25) is 4.79 Å². The first-order valence-electron chi connectivity index (χ1n) is 10.1. The number of amides is 1. The van der Waals surface area contributed by atoms with Crippen molar-refractivity contribution < 1.29 is 4.79 Å². The monoisotopic (exact) mass is 448 g/mol. The molecule has 0 atom stereocenters. The molecule has 0 saturated carbocycles. The van der Waals surface area contributed by atoms with Gasteiger partial charge < -0.3 is 5.32 Å². The highest BCUT2D eigenvalue weighted by molar-refractivity contribution is 7.98. The minimum Gasteiger partial charge on any atom is -0.326 e. The second-order valence-electron chi connectivity index (χ2n) is 7.36. The zero-order valence-corrected chi connectivity index (χ0v) is 19.4. The van der Waals surface area contributed by atoms with E-state index in [4.69, 9.17) is 4.98 Å². The maximum atomic E-state index is 12.4. The summed E-state index contributed by atoms with van der Waals surface area (Å²) in [6.45, 7) is 3.96. The molecule has 1 amide bonds. The molecule has 0 aliphatic carbocycles. The molecule has 1 N–H and O–H groups in total. The van der Waals surface area contributed by atoms with E-state index in [2.05, 4.69) is 21.4 Å². The van der Waals surface area contributed by atoms with Crippen LogP contribution < -0.4 is 5.32 Å². The summed E-state index contributed by atoms with van der Waals surface area (Å²) in [7, 11) is 0. The van der Waals surface area contributed by atoms with E-state index in [1.54, 1.807) is 11.3 Å². The molecule has 5 nitrogen and oxygen atoms in total. The molecule has 0 aliphatic rings. The summed E-state index contributed by atoms with van der Waals surface area (Å²) >= 11 is 3.25. The van der Waals surface area contributed by atoms with E-state index >= 15 is 0 Å². The lowest BCUT2D eigenvalue weighted by atomic mass is 10.1. The first-order chi connectivity index (χ1) is 15.0. The van der Waals surface area contributed by atoms with Crippen molar-refractivity contribution in [3.05, 3.63) is 76.1 Å². The van der Waals surface area contributed by atoms with Crippen LogP contribution in [0.4, 0.5) is 5.69 Å². The highest BCUT2D eigenvalue weighted by Gasteiger charge is 2.11. The van der Waals surface area contributed by atoms with Gasteiger partial charge in [-0.05, 0) is 61.9 Å². The molecular weight excluding hydrogens is 424 g/mol. The van der Waals surface area contributed by atoms with Gasteiger partial charge in [0.1, 0.15) is 0 Å². The summed E-state index contributed by atoms with van der Waals surface area (Å²) in [6, 6.07) is 16.2. The highest BCUT2D eigenvalue weighted by atomic mass is 32.2. The summed E-state index contributed by atoms with van der Waals surface area (Å²) in [5, 5.41) is 4.86. The van der Waals surface area contributed by atoms with Crippen molar-refractivity contribution in [1.29, 1.82) is 0 Å². The zero-order valence-electron chi connectivity index (χ0n) is 17.8. The van der Waals surface area contributed by atoms with Crippen molar-refractivity contribution in [3.63, 3.8) is 0 Å². The molecule has 2 heterocycles. The Morgan fingerprint density at radius 1 is 1.00 bits per heavy atom. The summed E-state index contributed by atoms with van der Waals surface area (Å²) < 4.78 is 1.21. The van der Waals surface area contributed by atoms with Crippen LogP contribution in [0.1, 0.15) is 33.9 Å². The maximum Gasteiger partial charge on any atom is 0.224 e. The lowest BCUT2D eigenvalue weighted by Crippen LogP contribution is -2.13. The van der Waals surface area contributed by atoms with Crippen LogP contribution in [0, 0.1) is 13.8 Å². The molecule has 0 fully saturated rings. The van der Waals surface area contributed by atoms with E-state index in [1.165, 1.54) is 22.0 Å². The molecule has 2 aromatic heterocycles. The second-order valence-corrected chi connectivity index (χ2v) is 9.25. The van der Waals surface area contributed by atoms with Gasteiger partial charge in [0.2, 0.25) is 5.91 Å². The Kier molecular flexibility index (Phi) is 6.63. The third-order valence-electron chi connectivity index (χ3n) is 5.12. The molecule has 4 aromatic rings. The molecule has 0 radical (unpaired) electrons. The normalized spacial score (nSPS) is 11.1. The van der Waals surface area contributed by atoms with Crippen LogP contribution in [0.15, 0.2) is 53.7 Å².